The molecular weight excluding hydrogens is 224 g/mol. The highest BCUT2D eigenvalue weighted by atomic mass is 16.1. The Morgan fingerprint density at radius 2 is 1.83 bits per heavy atom. The van der Waals surface area contributed by atoms with E-state index in [1.54, 1.807) is 6.92 Å². The summed E-state index contributed by atoms with van der Waals surface area (Å²) in [6, 6.07) is 0. The normalized spacial score (nSPS) is 24.4. The Morgan fingerprint density at radius 1 is 1.11 bits per heavy atom. The maximum absolute atomic E-state index is 11.0. The van der Waals surface area contributed by atoms with Gasteiger partial charge in [-0.3, -0.25) is 9.59 Å². The molecule has 0 saturated heterocycles. The van der Waals surface area contributed by atoms with Crippen LogP contribution >= 0.6 is 0 Å². The van der Waals surface area contributed by atoms with E-state index in [-0.39, 0.29) is 5.78 Å². The Balaban J connectivity index is 0.000000180. The fourth-order valence-electron chi connectivity index (χ4n) is 2.49. The maximum atomic E-state index is 11.0. The van der Waals surface area contributed by atoms with Gasteiger partial charge < -0.3 is 0 Å². The van der Waals surface area contributed by atoms with Crippen molar-refractivity contribution in [1.82, 2.24) is 0 Å². The van der Waals surface area contributed by atoms with E-state index in [4.69, 9.17) is 0 Å². The van der Waals surface area contributed by atoms with Crippen LogP contribution in [-0.4, -0.2) is 11.6 Å². The molecule has 2 aliphatic rings. The molecule has 18 heavy (non-hydrogen) atoms. The summed E-state index contributed by atoms with van der Waals surface area (Å²) in [6.45, 7) is 3.70. The van der Waals surface area contributed by atoms with Crippen LogP contribution in [0.25, 0.3) is 0 Å². The lowest BCUT2D eigenvalue weighted by Crippen LogP contribution is -2.06. The van der Waals surface area contributed by atoms with Gasteiger partial charge in [0.1, 0.15) is 5.78 Å². The summed E-state index contributed by atoms with van der Waals surface area (Å²) in [7, 11) is 0. The molecule has 0 aromatic rings. The molecule has 1 unspecified atom stereocenters. The number of allylic oxidation sites excluding steroid dienone is 2. The van der Waals surface area contributed by atoms with Crippen LogP contribution in [0.2, 0.25) is 0 Å². The van der Waals surface area contributed by atoms with Gasteiger partial charge >= 0.3 is 0 Å². The largest absolute Gasteiger partial charge is 0.299 e. The summed E-state index contributed by atoms with van der Waals surface area (Å²) < 4.78 is 0. The molecule has 2 rings (SSSR count). The highest BCUT2D eigenvalue weighted by molar-refractivity contribution is 5.93. The highest BCUT2D eigenvalue weighted by Gasteiger charge is 2.14. The molecule has 0 aliphatic heterocycles. The van der Waals surface area contributed by atoms with E-state index < -0.39 is 0 Å². The molecule has 2 heteroatoms. The average Bonchev–Trinajstić information content (AvgIpc) is 2.57. The Labute approximate surface area is 111 Å². The highest BCUT2D eigenvalue weighted by Crippen LogP contribution is 2.18. The smallest absolute Gasteiger partial charge is 0.155 e. The molecule has 1 saturated carbocycles. The van der Waals surface area contributed by atoms with E-state index in [0.29, 0.717) is 11.7 Å². The van der Waals surface area contributed by atoms with Crippen LogP contribution in [0.15, 0.2) is 11.6 Å². The van der Waals surface area contributed by atoms with Crippen molar-refractivity contribution < 1.29 is 9.59 Å². The average molecular weight is 250 g/mol. The van der Waals surface area contributed by atoms with Crippen LogP contribution < -0.4 is 0 Å². The van der Waals surface area contributed by atoms with Gasteiger partial charge in [0.25, 0.3) is 0 Å². The van der Waals surface area contributed by atoms with Crippen molar-refractivity contribution in [3.63, 3.8) is 0 Å². The summed E-state index contributed by atoms with van der Waals surface area (Å²) in [4.78, 5) is 21.7. The molecule has 0 bridgehead atoms. The first-order chi connectivity index (χ1) is 8.61. The molecule has 0 spiro atoms. The zero-order chi connectivity index (χ0) is 13.4. The maximum Gasteiger partial charge on any atom is 0.155 e. The molecule has 0 aromatic heterocycles. The topological polar surface area (TPSA) is 34.1 Å². The van der Waals surface area contributed by atoms with E-state index in [2.05, 4.69) is 6.08 Å². The summed E-state index contributed by atoms with van der Waals surface area (Å²) in [5.74, 6) is 1.09. The number of hydrogen-bond acceptors (Lipinski definition) is 2. The SMILES string of the molecule is CC(=O)C1=CCCCC1.CC1CCCCCC1=O. The van der Waals surface area contributed by atoms with Crippen molar-refractivity contribution in [1.29, 1.82) is 0 Å². The molecule has 0 N–H and O–H groups in total. The number of carbonyl (C=O) groups excluding carboxylic acids is 2. The van der Waals surface area contributed by atoms with Gasteiger partial charge in [0.2, 0.25) is 0 Å². The molecule has 1 atom stereocenters. The third-order valence-electron chi connectivity index (χ3n) is 3.85. The minimum absolute atomic E-state index is 0.259. The Morgan fingerprint density at radius 3 is 2.39 bits per heavy atom. The predicted octanol–water partition coefficient (Wildman–Crippen LogP) is 4.23. The van der Waals surface area contributed by atoms with Gasteiger partial charge in [-0.1, -0.05) is 25.8 Å². The van der Waals surface area contributed by atoms with Gasteiger partial charge in [-0.25, -0.2) is 0 Å². The third-order valence-corrected chi connectivity index (χ3v) is 3.85. The third kappa shape index (κ3) is 5.61. The summed E-state index contributed by atoms with van der Waals surface area (Å²) in [5, 5.41) is 0. The molecule has 0 aromatic carbocycles. The second-order valence-corrected chi connectivity index (χ2v) is 5.50. The lowest BCUT2D eigenvalue weighted by Gasteiger charge is -2.07. The number of rotatable bonds is 1. The van der Waals surface area contributed by atoms with E-state index in [0.717, 1.165) is 37.7 Å². The molecular formula is C16H26O2. The first-order valence-corrected chi connectivity index (χ1v) is 7.34. The molecule has 0 radical (unpaired) electrons. The van der Waals surface area contributed by atoms with E-state index in [1.165, 1.54) is 25.7 Å². The molecule has 0 heterocycles. The summed E-state index contributed by atoms with van der Waals surface area (Å²) in [5.41, 5.74) is 1.04. The quantitative estimate of drug-likeness (QED) is 0.653. The minimum Gasteiger partial charge on any atom is -0.299 e. The number of carbonyl (C=O) groups is 2. The van der Waals surface area contributed by atoms with Gasteiger partial charge in [-0.05, 0) is 51.0 Å². The second-order valence-electron chi connectivity index (χ2n) is 5.50. The zero-order valence-electron chi connectivity index (χ0n) is 11.8. The van der Waals surface area contributed by atoms with Crippen molar-refractivity contribution in [3.05, 3.63) is 11.6 Å². The van der Waals surface area contributed by atoms with Gasteiger partial charge in [-0.2, -0.15) is 0 Å². The Kier molecular flexibility index (Phi) is 6.92. The second kappa shape index (κ2) is 8.23. The van der Waals surface area contributed by atoms with Gasteiger partial charge in [0.05, 0.1) is 0 Å². The fraction of sp³-hybridized carbons (Fsp3) is 0.750. The van der Waals surface area contributed by atoms with Crippen molar-refractivity contribution in [2.45, 2.75) is 71.6 Å². The lowest BCUT2D eigenvalue weighted by atomic mass is 9.97. The number of Topliss-reactive ketones (excluding diaryl/α,β-unsaturated/α-hetero) is 2. The monoisotopic (exact) mass is 250 g/mol. The molecule has 102 valence electrons. The van der Waals surface area contributed by atoms with Crippen molar-refractivity contribution in [2.24, 2.45) is 5.92 Å². The van der Waals surface area contributed by atoms with E-state index >= 15 is 0 Å². The van der Waals surface area contributed by atoms with Crippen LogP contribution in [0, 0.1) is 5.92 Å². The first-order valence-electron chi connectivity index (χ1n) is 7.34. The van der Waals surface area contributed by atoms with Crippen molar-refractivity contribution >= 4 is 11.6 Å². The summed E-state index contributed by atoms with van der Waals surface area (Å²) >= 11 is 0. The standard InChI is InChI=1S/C8H12O.C8H14O/c1-7(9)8-5-3-2-4-6-8;1-7-5-3-2-4-6-8(7)9/h5H,2-4,6H2,1H3;7H,2-6H2,1H3. The lowest BCUT2D eigenvalue weighted by molar-refractivity contribution is -0.122. The molecule has 2 aliphatic carbocycles. The van der Waals surface area contributed by atoms with E-state index in [9.17, 15) is 9.59 Å². The van der Waals surface area contributed by atoms with Crippen molar-refractivity contribution in [3.8, 4) is 0 Å². The number of ketones is 2. The van der Waals surface area contributed by atoms with Crippen LogP contribution in [0.1, 0.15) is 71.6 Å². The van der Waals surface area contributed by atoms with Crippen LogP contribution in [0.4, 0.5) is 0 Å². The zero-order valence-corrected chi connectivity index (χ0v) is 11.8. The predicted molar refractivity (Wildman–Crippen MR) is 74.5 cm³/mol. The van der Waals surface area contributed by atoms with Crippen LogP contribution in [0.5, 0.6) is 0 Å². The summed E-state index contributed by atoms with van der Waals surface area (Å²) in [6.07, 6.45) is 12.3. The molecule has 2 nitrogen and oxygen atoms in total. The van der Waals surface area contributed by atoms with E-state index in [1.807, 2.05) is 6.92 Å². The Hall–Kier alpha value is -0.920. The van der Waals surface area contributed by atoms with Crippen molar-refractivity contribution in [2.75, 3.05) is 0 Å². The molecule has 0 amide bonds. The number of hydrogen-bond donors (Lipinski definition) is 0. The van der Waals surface area contributed by atoms with Crippen LogP contribution in [0.3, 0.4) is 0 Å². The minimum atomic E-state index is 0.259. The fourth-order valence-corrected chi connectivity index (χ4v) is 2.49. The molecule has 1 fully saturated rings. The van der Waals surface area contributed by atoms with Gasteiger partial charge in [-0.15, -0.1) is 0 Å². The van der Waals surface area contributed by atoms with Crippen LogP contribution in [-0.2, 0) is 9.59 Å². The van der Waals surface area contributed by atoms with Gasteiger partial charge in [0, 0.05) is 12.3 Å². The Bertz CT molecular complexity index is 315. The van der Waals surface area contributed by atoms with Gasteiger partial charge in [0.15, 0.2) is 5.78 Å². The first kappa shape index (κ1) is 15.1.